The molecule has 0 spiro atoms. The lowest BCUT2D eigenvalue weighted by atomic mass is 10.2. The van der Waals surface area contributed by atoms with Gasteiger partial charge >= 0.3 is 6.18 Å². The molecule has 0 aliphatic rings. The molecule has 2 aromatic rings. The van der Waals surface area contributed by atoms with Crippen molar-refractivity contribution in [2.24, 2.45) is 0 Å². The Kier molecular flexibility index (Phi) is 3.75. The van der Waals surface area contributed by atoms with Crippen molar-refractivity contribution in [1.29, 1.82) is 0 Å². The summed E-state index contributed by atoms with van der Waals surface area (Å²) < 4.78 is 50.6. The van der Waals surface area contributed by atoms with Crippen LogP contribution in [0.1, 0.15) is 15.4 Å². The number of hydrogen-bond acceptors (Lipinski definition) is 3. The van der Waals surface area contributed by atoms with Crippen molar-refractivity contribution in [3.63, 3.8) is 0 Å². The highest BCUT2D eigenvalue weighted by atomic mass is 32.1. The topological polar surface area (TPSA) is 24.9 Å². The number of benzene rings is 1. The second-order valence-electron chi connectivity index (χ2n) is 3.89. The van der Waals surface area contributed by atoms with Crippen LogP contribution in [0.3, 0.4) is 0 Å². The molecule has 0 aliphatic carbocycles. The van der Waals surface area contributed by atoms with Gasteiger partial charge < -0.3 is 5.32 Å². The van der Waals surface area contributed by atoms with Gasteiger partial charge in [-0.1, -0.05) is 0 Å². The number of alkyl halides is 3. The van der Waals surface area contributed by atoms with Gasteiger partial charge in [0.05, 0.1) is 22.8 Å². The molecule has 1 aromatic carbocycles. The molecule has 2 rings (SSSR count). The second kappa shape index (κ2) is 5.16. The summed E-state index contributed by atoms with van der Waals surface area (Å²) in [4.78, 5) is 4.92. The average molecular weight is 290 g/mol. The molecule has 7 heteroatoms. The molecule has 0 unspecified atom stereocenters. The number of aromatic nitrogens is 1. The van der Waals surface area contributed by atoms with Gasteiger partial charge in [0, 0.05) is 11.1 Å². The Hall–Kier alpha value is -1.63. The van der Waals surface area contributed by atoms with Crippen LogP contribution in [-0.2, 0) is 12.7 Å². The SMILES string of the molecule is Cc1ncc(CNc2ccc(C(F)(F)F)cc2F)s1. The van der Waals surface area contributed by atoms with Gasteiger partial charge in [0.25, 0.3) is 0 Å². The maximum atomic E-state index is 13.5. The van der Waals surface area contributed by atoms with Crippen molar-refractivity contribution in [1.82, 2.24) is 4.98 Å². The Balaban J connectivity index is 2.09. The van der Waals surface area contributed by atoms with E-state index < -0.39 is 17.6 Å². The minimum absolute atomic E-state index is 0.0408. The minimum atomic E-state index is -4.53. The number of nitrogens with one attached hydrogen (secondary N) is 1. The second-order valence-corrected chi connectivity index (χ2v) is 5.21. The van der Waals surface area contributed by atoms with Gasteiger partial charge in [0.15, 0.2) is 0 Å². The number of thiazole rings is 1. The van der Waals surface area contributed by atoms with E-state index >= 15 is 0 Å². The van der Waals surface area contributed by atoms with Crippen molar-refractivity contribution < 1.29 is 17.6 Å². The fraction of sp³-hybridized carbons (Fsp3) is 0.250. The van der Waals surface area contributed by atoms with Crippen LogP contribution in [0.2, 0.25) is 0 Å². The van der Waals surface area contributed by atoms with Crippen LogP contribution in [0.25, 0.3) is 0 Å². The van der Waals surface area contributed by atoms with Crippen LogP contribution in [0.15, 0.2) is 24.4 Å². The summed E-state index contributed by atoms with van der Waals surface area (Å²) in [5.74, 6) is -0.920. The number of anilines is 1. The fourth-order valence-electron chi connectivity index (χ4n) is 1.50. The lowest BCUT2D eigenvalue weighted by Gasteiger charge is -2.10. The van der Waals surface area contributed by atoms with E-state index in [4.69, 9.17) is 0 Å². The van der Waals surface area contributed by atoms with E-state index in [0.717, 1.165) is 22.0 Å². The van der Waals surface area contributed by atoms with Crippen LogP contribution in [0, 0.1) is 12.7 Å². The van der Waals surface area contributed by atoms with E-state index in [1.165, 1.54) is 11.3 Å². The first-order chi connectivity index (χ1) is 8.86. The van der Waals surface area contributed by atoms with Gasteiger partial charge in [-0.2, -0.15) is 13.2 Å². The van der Waals surface area contributed by atoms with Gasteiger partial charge in [-0.25, -0.2) is 9.37 Å². The normalized spacial score (nSPS) is 11.6. The summed E-state index contributed by atoms with van der Waals surface area (Å²) >= 11 is 1.44. The monoisotopic (exact) mass is 290 g/mol. The van der Waals surface area contributed by atoms with E-state index in [2.05, 4.69) is 10.3 Å². The molecule has 0 amide bonds. The molecule has 1 heterocycles. The largest absolute Gasteiger partial charge is 0.416 e. The van der Waals surface area contributed by atoms with Crippen LogP contribution in [0.5, 0.6) is 0 Å². The number of halogens is 4. The zero-order valence-corrected chi connectivity index (χ0v) is 10.7. The van der Waals surface area contributed by atoms with Crippen LogP contribution < -0.4 is 5.32 Å². The third-order valence-electron chi connectivity index (χ3n) is 2.42. The van der Waals surface area contributed by atoms with E-state index in [9.17, 15) is 17.6 Å². The van der Waals surface area contributed by atoms with E-state index in [1.807, 2.05) is 6.92 Å². The molecule has 102 valence electrons. The van der Waals surface area contributed by atoms with Gasteiger partial charge in [0.1, 0.15) is 5.82 Å². The third-order valence-corrected chi connectivity index (χ3v) is 3.33. The summed E-state index contributed by atoms with van der Waals surface area (Å²) in [6.07, 6.45) is -2.89. The molecule has 0 radical (unpaired) electrons. The number of rotatable bonds is 3. The van der Waals surface area contributed by atoms with E-state index in [1.54, 1.807) is 6.20 Å². The van der Waals surface area contributed by atoms with Crippen molar-refractivity contribution in [2.75, 3.05) is 5.32 Å². The first-order valence-corrected chi connectivity index (χ1v) is 6.20. The van der Waals surface area contributed by atoms with Crippen LogP contribution in [-0.4, -0.2) is 4.98 Å². The first kappa shape index (κ1) is 13.8. The number of aryl methyl sites for hydroxylation is 1. The van der Waals surface area contributed by atoms with E-state index in [0.29, 0.717) is 12.6 Å². The standard InChI is InChI=1S/C12H10F4N2S/c1-7-17-5-9(19-7)6-18-11-3-2-8(4-10(11)13)12(14,15)16/h2-5,18H,6H2,1H3. The van der Waals surface area contributed by atoms with Gasteiger partial charge in [0.2, 0.25) is 0 Å². The molecule has 0 aliphatic heterocycles. The van der Waals surface area contributed by atoms with Gasteiger partial charge in [-0.05, 0) is 25.1 Å². The summed E-state index contributed by atoms with van der Waals surface area (Å²) in [5.41, 5.74) is -0.955. The predicted octanol–water partition coefficient (Wildman–Crippen LogP) is 4.22. The maximum Gasteiger partial charge on any atom is 0.416 e. The van der Waals surface area contributed by atoms with Crippen LogP contribution in [0.4, 0.5) is 23.2 Å². The Morgan fingerprint density at radius 1 is 1.32 bits per heavy atom. The zero-order chi connectivity index (χ0) is 14.0. The lowest BCUT2D eigenvalue weighted by Crippen LogP contribution is -2.07. The molecule has 2 nitrogen and oxygen atoms in total. The molecule has 19 heavy (non-hydrogen) atoms. The number of nitrogens with zero attached hydrogens (tertiary/aromatic N) is 1. The predicted molar refractivity (Wildman–Crippen MR) is 65.6 cm³/mol. The summed E-state index contributed by atoms with van der Waals surface area (Å²) in [5, 5.41) is 3.63. The Morgan fingerprint density at radius 3 is 2.58 bits per heavy atom. The molecule has 0 bridgehead atoms. The highest BCUT2D eigenvalue weighted by molar-refractivity contribution is 7.11. The first-order valence-electron chi connectivity index (χ1n) is 5.38. The van der Waals surface area contributed by atoms with Crippen molar-refractivity contribution in [3.8, 4) is 0 Å². The van der Waals surface area contributed by atoms with Crippen LogP contribution >= 0.6 is 11.3 Å². The quantitative estimate of drug-likeness (QED) is 0.856. The van der Waals surface area contributed by atoms with Crippen molar-refractivity contribution >= 4 is 17.0 Å². The van der Waals surface area contributed by atoms with Gasteiger partial charge in [-0.3, -0.25) is 0 Å². The summed E-state index contributed by atoms with van der Waals surface area (Å²) in [6, 6.07) is 2.43. The molecule has 1 N–H and O–H groups in total. The smallest absolute Gasteiger partial charge is 0.378 e. The molecule has 1 aromatic heterocycles. The fourth-order valence-corrected chi connectivity index (χ4v) is 2.24. The third kappa shape index (κ3) is 3.44. The average Bonchev–Trinajstić information content (AvgIpc) is 2.72. The Bertz CT molecular complexity index is 577. The molecular formula is C12H10F4N2S. The van der Waals surface area contributed by atoms with Crippen molar-refractivity contribution in [2.45, 2.75) is 19.6 Å². The van der Waals surface area contributed by atoms with Crippen molar-refractivity contribution in [3.05, 3.63) is 45.7 Å². The lowest BCUT2D eigenvalue weighted by molar-refractivity contribution is -0.137. The number of hydrogen-bond donors (Lipinski definition) is 1. The molecule has 0 fully saturated rings. The Labute approximate surface area is 111 Å². The van der Waals surface area contributed by atoms with Gasteiger partial charge in [-0.15, -0.1) is 11.3 Å². The highest BCUT2D eigenvalue weighted by Gasteiger charge is 2.31. The summed E-state index contributed by atoms with van der Waals surface area (Å²) in [6.45, 7) is 2.17. The minimum Gasteiger partial charge on any atom is -0.378 e. The maximum absolute atomic E-state index is 13.5. The van der Waals surface area contributed by atoms with E-state index in [-0.39, 0.29) is 5.69 Å². The molecule has 0 atom stereocenters. The highest BCUT2D eigenvalue weighted by Crippen LogP contribution is 2.31. The molecule has 0 saturated carbocycles. The molecule has 0 saturated heterocycles. The Morgan fingerprint density at radius 2 is 2.05 bits per heavy atom. The zero-order valence-electron chi connectivity index (χ0n) is 9.88. The summed E-state index contributed by atoms with van der Waals surface area (Å²) in [7, 11) is 0. The molecular weight excluding hydrogens is 280 g/mol.